The molecule has 0 spiro atoms. The second kappa shape index (κ2) is 8.82. The minimum Gasteiger partial charge on any atom is -0.312 e. The number of nitrogens with one attached hydrogen (secondary N) is 1. The summed E-state index contributed by atoms with van der Waals surface area (Å²) >= 11 is 0. The number of hydrogen-bond acceptors (Lipinski definition) is 1. The maximum atomic E-state index is 3.98. The fraction of sp³-hybridized carbons (Fsp3) is 0.405. The topological polar surface area (TPSA) is 12.0 Å². The Kier molecular flexibility index (Phi) is 5.61. The van der Waals surface area contributed by atoms with Gasteiger partial charge in [0.2, 0.25) is 0 Å². The lowest BCUT2D eigenvalue weighted by molar-refractivity contribution is 0.0257. The van der Waals surface area contributed by atoms with Gasteiger partial charge in [-0.05, 0) is 103 Å². The van der Waals surface area contributed by atoms with E-state index in [2.05, 4.69) is 106 Å². The van der Waals surface area contributed by atoms with E-state index in [0.717, 1.165) is 19.0 Å². The standard InChI is InChI=1S/C37H41N/c1-24(2)28-14-17-32-29(21-28)15-18-33-36(3,19-6-20-37(32,33)4)23-38-22-30-12-11-27-10-9-25-7-5-8-26-13-16-31(30)35(27)34(25)26/h5,7-14,16-17,21,24,33,38H,6,15,18-20,22-23H2,1-4H3/t33-,36+,37+/m1/s1. The van der Waals surface area contributed by atoms with Gasteiger partial charge in [0.1, 0.15) is 0 Å². The highest BCUT2D eigenvalue weighted by Gasteiger charge is 2.51. The molecule has 0 amide bonds. The first-order chi connectivity index (χ1) is 18.4. The molecule has 0 radical (unpaired) electrons. The predicted molar refractivity (Wildman–Crippen MR) is 164 cm³/mol. The van der Waals surface area contributed by atoms with E-state index in [1.54, 1.807) is 11.1 Å². The van der Waals surface area contributed by atoms with Gasteiger partial charge in [0.25, 0.3) is 0 Å². The Morgan fingerprint density at radius 2 is 1.58 bits per heavy atom. The summed E-state index contributed by atoms with van der Waals surface area (Å²) in [4.78, 5) is 0. The van der Waals surface area contributed by atoms with E-state index < -0.39 is 0 Å². The third-order valence-electron chi connectivity index (χ3n) is 10.6. The highest BCUT2D eigenvalue weighted by Crippen LogP contribution is 2.57. The van der Waals surface area contributed by atoms with Crippen molar-refractivity contribution in [3.63, 3.8) is 0 Å². The number of benzene rings is 5. The third kappa shape index (κ3) is 3.62. The summed E-state index contributed by atoms with van der Waals surface area (Å²) in [6, 6.07) is 28.0. The first-order valence-electron chi connectivity index (χ1n) is 14.9. The molecule has 1 N–H and O–H groups in total. The van der Waals surface area contributed by atoms with Crippen LogP contribution in [0.3, 0.4) is 0 Å². The number of fused-ring (bicyclic) bond motifs is 3. The van der Waals surface area contributed by atoms with Gasteiger partial charge in [0.15, 0.2) is 0 Å². The summed E-state index contributed by atoms with van der Waals surface area (Å²) in [5, 5.41) is 12.3. The Morgan fingerprint density at radius 3 is 2.37 bits per heavy atom. The molecule has 5 aromatic carbocycles. The van der Waals surface area contributed by atoms with Crippen molar-refractivity contribution in [2.45, 2.75) is 77.7 Å². The molecule has 3 atom stereocenters. The molecular weight excluding hydrogens is 458 g/mol. The third-order valence-corrected chi connectivity index (χ3v) is 10.6. The van der Waals surface area contributed by atoms with Gasteiger partial charge in [-0.2, -0.15) is 0 Å². The first-order valence-corrected chi connectivity index (χ1v) is 14.9. The monoisotopic (exact) mass is 499 g/mol. The van der Waals surface area contributed by atoms with Crippen molar-refractivity contribution in [3.05, 3.63) is 95.1 Å². The smallest absolute Gasteiger partial charge is 0.0211 e. The number of rotatable bonds is 5. The average Bonchev–Trinajstić information content (AvgIpc) is 2.92. The van der Waals surface area contributed by atoms with Crippen LogP contribution in [0.5, 0.6) is 0 Å². The quantitative estimate of drug-likeness (QED) is 0.237. The van der Waals surface area contributed by atoms with Crippen LogP contribution in [0.4, 0.5) is 0 Å². The maximum Gasteiger partial charge on any atom is 0.0211 e. The Morgan fingerprint density at radius 1 is 0.842 bits per heavy atom. The van der Waals surface area contributed by atoms with Gasteiger partial charge < -0.3 is 5.32 Å². The summed E-state index contributed by atoms with van der Waals surface area (Å²) in [6.07, 6.45) is 6.55. The Hall–Kier alpha value is -2.90. The van der Waals surface area contributed by atoms with Gasteiger partial charge in [-0.3, -0.25) is 0 Å². The first kappa shape index (κ1) is 24.2. The van der Waals surface area contributed by atoms with Crippen LogP contribution in [0, 0.1) is 11.3 Å². The van der Waals surface area contributed by atoms with E-state index in [1.807, 2.05) is 0 Å². The summed E-state index contributed by atoms with van der Waals surface area (Å²) in [7, 11) is 0. The van der Waals surface area contributed by atoms with E-state index >= 15 is 0 Å². The molecule has 0 aromatic heterocycles. The fourth-order valence-electron chi connectivity index (χ4n) is 8.65. The minimum atomic E-state index is 0.296. The molecule has 1 fully saturated rings. The van der Waals surface area contributed by atoms with Crippen LogP contribution in [-0.4, -0.2) is 6.54 Å². The van der Waals surface area contributed by atoms with Crippen LogP contribution in [0.2, 0.25) is 0 Å². The molecule has 0 unspecified atom stereocenters. The Bertz CT molecular complexity index is 1630. The SMILES string of the molecule is CC(C)c1ccc2c(c1)CC[C@@H]1[C@](C)(CNCc3ccc4ccc5cccc6ccc3c4c56)CCC[C@@]21C. The van der Waals surface area contributed by atoms with E-state index in [9.17, 15) is 0 Å². The predicted octanol–water partition coefficient (Wildman–Crippen LogP) is 9.51. The van der Waals surface area contributed by atoms with E-state index in [4.69, 9.17) is 0 Å². The van der Waals surface area contributed by atoms with Crippen molar-refractivity contribution in [1.29, 1.82) is 0 Å². The van der Waals surface area contributed by atoms with Crippen LogP contribution in [-0.2, 0) is 18.4 Å². The van der Waals surface area contributed by atoms with Crippen molar-refractivity contribution in [2.24, 2.45) is 11.3 Å². The second-order valence-electron chi connectivity index (χ2n) is 13.3. The van der Waals surface area contributed by atoms with Crippen molar-refractivity contribution in [1.82, 2.24) is 5.32 Å². The molecule has 2 aliphatic carbocycles. The molecule has 194 valence electrons. The molecule has 2 aliphatic rings. The van der Waals surface area contributed by atoms with Crippen molar-refractivity contribution in [3.8, 4) is 0 Å². The van der Waals surface area contributed by atoms with Crippen LogP contribution >= 0.6 is 0 Å². The lowest BCUT2D eigenvalue weighted by atomic mass is 9.49. The zero-order valence-electron chi connectivity index (χ0n) is 23.5. The van der Waals surface area contributed by atoms with Crippen LogP contribution in [0.15, 0.2) is 72.8 Å². The lowest BCUT2D eigenvalue weighted by Gasteiger charge is -2.55. The van der Waals surface area contributed by atoms with Crippen molar-refractivity contribution >= 4 is 32.3 Å². The lowest BCUT2D eigenvalue weighted by Crippen LogP contribution is -2.52. The zero-order chi connectivity index (χ0) is 26.1. The zero-order valence-corrected chi connectivity index (χ0v) is 23.5. The van der Waals surface area contributed by atoms with Crippen LogP contribution in [0.25, 0.3) is 32.3 Å². The van der Waals surface area contributed by atoms with Gasteiger partial charge in [0.05, 0.1) is 0 Å². The highest BCUT2D eigenvalue weighted by molar-refractivity contribution is 6.23. The van der Waals surface area contributed by atoms with E-state index in [1.165, 1.54) is 75.5 Å². The van der Waals surface area contributed by atoms with Crippen LogP contribution in [0.1, 0.15) is 81.5 Å². The molecule has 7 rings (SSSR count). The highest BCUT2D eigenvalue weighted by atomic mass is 14.9. The van der Waals surface area contributed by atoms with Gasteiger partial charge in [-0.25, -0.2) is 0 Å². The van der Waals surface area contributed by atoms with Crippen molar-refractivity contribution in [2.75, 3.05) is 6.54 Å². The molecule has 1 heteroatoms. The molecular formula is C37H41N. The van der Waals surface area contributed by atoms with Gasteiger partial charge >= 0.3 is 0 Å². The molecule has 0 aliphatic heterocycles. The molecule has 5 aromatic rings. The fourth-order valence-corrected chi connectivity index (χ4v) is 8.65. The van der Waals surface area contributed by atoms with Gasteiger partial charge in [0, 0.05) is 13.1 Å². The second-order valence-corrected chi connectivity index (χ2v) is 13.3. The summed E-state index contributed by atoms with van der Waals surface area (Å²) in [5.41, 5.74) is 6.82. The Labute approximate surface area is 228 Å². The molecule has 1 saturated carbocycles. The molecule has 0 bridgehead atoms. The number of hydrogen-bond donors (Lipinski definition) is 1. The Balaban J connectivity index is 1.16. The summed E-state index contributed by atoms with van der Waals surface area (Å²) in [5.74, 6) is 1.33. The van der Waals surface area contributed by atoms with Gasteiger partial charge in [-0.1, -0.05) is 107 Å². The molecule has 1 nitrogen and oxygen atoms in total. The van der Waals surface area contributed by atoms with E-state index in [-0.39, 0.29) is 0 Å². The maximum absolute atomic E-state index is 3.98. The summed E-state index contributed by atoms with van der Waals surface area (Å²) < 4.78 is 0. The molecule has 0 heterocycles. The average molecular weight is 500 g/mol. The van der Waals surface area contributed by atoms with Crippen LogP contribution < -0.4 is 5.32 Å². The minimum absolute atomic E-state index is 0.296. The van der Waals surface area contributed by atoms with Crippen molar-refractivity contribution < 1.29 is 0 Å². The number of aryl methyl sites for hydroxylation is 1. The summed E-state index contributed by atoms with van der Waals surface area (Å²) in [6.45, 7) is 11.8. The molecule has 38 heavy (non-hydrogen) atoms. The van der Waals surface area contributed by atoms with Gasteiger partial charge in [-0.15, -0.1) is 0 Å². The largest absolute Gasteiger partial charge is 0.312 e. The van der Waals surface area contributed by atoms with E-state index in [0.29, 0.717) is 16.7 Å². The normalized spacial score (nSPS) is 25.3. The molecule has 0 saturated heterocycles.